The van der Waals surface area contributed by atoms with E-state index in [4.69, 9.17) is 5.73 Å². The number of aromatic nitrogens is 2. The molecule has 2 aromatic rings. The van der Waals surface area contributed by atoms with Crippen LogP contribution in [0.5, 0.6) is 0 Å². The Morgan fingerprint density at radius 3 is 2.95 bits per heavy atom. The first kappa shape index (κ1) is 13.8. The lowest BCUT2D eigenvalue weighted by Crippen LogP contribution is -2.40. The van der Waals surface area contributed by atoms with E-state index in [0.29, 0.717) is 24.5 Å². The summed E-state index contributed by atoms with van der Waals surface area (Å²) in [4.78, 5) is 14.2. The lowest BCUT2D eigenvalue weighted by Gasteiger charge is -2.22. The van der Waals surface area contributed by atoms with E-state index < -0.39 is 0 Å². The van der Waals surface area contributed by atoms with Crippen LogP contribution in [0.2, 0.25) is 0 Å². The van der Waals surface area contributed by atoms with Gasteiger partial charge in [0.15, 0.2) is 5.69 Å². The van der Waals surface area contributed by atoms with Crippen molar-refractivity contribution in [2.75, 3.05) is 13.1 Å². The smallest absolute Gasteiger partial charge is 0.274 e. The van der Waals surface area contributed by atoms with Gasteiger partial charge in [-0.3, -0.25) is 4.79 Å². The molecule has 1 atom stereocenters. The zero-order chi connectivity index (χ0) is 14.8. The highest BCUT2D eigenvalue weighted by molar-refractivity contribution is 5.92. The third kappa shape index (κ3) is 2.54. The van der Waals surface area contributed by atoms with E-state index in [1.54, 1.807) is 35.4 Å². The van der Waals surface area contributed by atoms with E-state index in [9.17, 15) is 9.18 Å². The molecule has 2 N–H and O–H groups in total. The number of halogens is 1. The molecule has 1 unspecified atom stereocenters. The topological polar surface area (TPSA) is 64.2 Å². The van der Waals surface area contributed by atoms with Crippen LogP contribution in [0.25, 0.3) is 5.69 Å². The van der Waals surface area contributed by atoms with Gasteiger partial charge in [0.2, 0.25) is 0 Å². The van der Waals surface area contributed by atoms with Gasteiger partial charge in [-0.15, -0.1) is 0 Å². The minimum Gasteiger partial charge on any atom is -0.333 e. The molecule has 1 amide bonds. The monoisotopic (exact) mass is 288 g/mol. The van der Waals surface area contributed by atoms with Crippen LogP contribution < -0.4 is 5.73 Å². The molecule has 1 aliphatic heterocycles. The lowest BCUT2D eigenvalue weighted by molar-refractivity contribution is 0.0734. The van der Waals surface area contributed by atoms with Crippen LogP contribution >= 0.6 is 0 Å². The fraction of sp³-hybridized carbons (Fsp3) is 0.333. The molecule has 0 radical (unpaired) electrons. The predicted octanol–water partition coefficient (Wildman–Crippen LogP) is 1.57. The van der Waals surface area contributed by atoms with E-state index in [0.717, 1.165) is 12.8 Å². The Morgan fingerprint density at radius 2 is 2.19 bits per heavy atom. The van der Waals surface area contributed by atoms with Crippen LogP contribution in [0, 0.1) is 5.82 Å². The molecule has 0 bridgehead atoms. The van der Waals surface area contributed by atoms with Crippen LogP contribution in [-0.2, 0) is 0 Å². The van der Waals surface area contributed by atoms with Crippen molar-refractivity contribution in [2.45, 2.75) is 18.9 Å². The van der Waals surface area contributed by atoms with Crippen LogP contribution in [0.4, 0.5) is 4.39 Å². The standard InChI is InChI=1S/C15H17FN4O/c16-12-5-1-2-6-14(12)20-9-7-13(18-20)15(21)19-8-3-4-11(19)10-17/h1-2,5-7,9,11H,3-4,8,10,17H2. The van der Waals surface area contributed by atoms with Crippen molar-refractivity contribution in [3.63, 3.8) is 0 Å². The maximum Gasteiger partial charge on any atom is 0.274 e. The second-order valence-corrected chi connectivity index (χ2v) is 5.13. The third-order valence-electron chi connectivity index (χ3n) is 3.82. The summed E-state index contributed by atoms with van der Waals surface area (Å²) >= 11 is 0. The molecule has 0 spiro atoms. The van der Waals surface area contributed by atoms with Gasteiger partial charge in [0.25, 0.3) is 5.91 Å². The van der Waals surface area contributed by atoms with Gasteiger partial charge in [-0.25, -0.2) is 9.07 Å². The molecule has 6 heteroatoms. The number of nitrogens with zero attached hydrogens (tertiary/aromatic N) is 3. The molecule has 3 rings (SSSR count). The SMILES string of the molecule is NCC1CCCN1C(=O)c1ccn(-c2ccccc2F)n1. The molecule has 1 fully saturated rings. The second-order valence-electron chi connectivity index (χ2n) is 5.13. The van der Waals surface area contributed by atoms with E-state index in [1.165, 1.54) is 10.7 Å². The van der Waals surface area contributed by atoms with E-state index in [1.807, 2.05) is 0 Å². The number of carbonyl (C=O) groups excluding carboxylic acids is 1. The quantitative estimate of drug-likeness (QED) is 0.932. The van der Waals surface area contributed by atoms with Gasteiger partial charge >= 0.3 is 0 Å². The van der Waals surface area contributed by atoms with Gasteiger partial charge in [0.1, 0.15) is 11.5 Å². The number of rotatable bonds is 3. The first-order valence-electron chi connectivity index (χ1n) is 7.02. The van der Waals surface area contributed by atoms with Crippen LogP contribution in [0.15, 0.2) is 36.5 Å². The molecular weight excluding hydrogens is 271 g/mol. The Balaban J connectivity index is 1.85. The van der Waals surface area contributed by atoms with Gasteiger partial charge in [0.05, 0.1) is 0 Å². The number of hydrogen-bond donors (Lipinski definition) is 1. The fourth-order valence-electron chi connectivity index (χ4n) is 2.70. The minimum atomic E-state index is -0.374. The summed E-state index contributed by atoms with van der Waals surface area (Å²) in [6, 6.07) is 8.02. The molecule has 1 aromatic heterocycles. The van der Waals surface area contributed by atoms with Crippen molar-refractivity contribution in [1.29, 1.82) is 0 Å². The molecule has 0 aliphatic carbocycles. The van der Waals surface area contributed by atoms with Gasteiger partial charge in [-0.05, 0) is 31.0 Å². The largest absolute Gasteiger partial charge is 0.333 e. The Bertz CT molecular complexity index is 655. The summed E-state index contributed by atoms with van der Waals surface area (Å²) in [7, 11) is 0. The van der Waals surface area contributed by atoms with Crippen molar-refractivity contribution in [3.05, 3.63) is 48.0 Å². The predicted molar refractivity (Wildman–Crippen MR) is 76.6 cm³/mol. The number of para-hydroxylation sites is 1. The number of hydrogen-bond acceptors (Lipinski definition) is 3. The van der Waals surface area contributed by atoms with Gasteiger partial charge in [-0.1, -0.05) is 12.1 Å². The Morgan fingerprint density at radius 1 is 1.38 bits per heavy atom. The van der Waals surface area contributed by atoms with Crippen LogP contribution in [0.1, 0.15) is 23.3 Å². The van der Waals surface area contributed by atoms with E-state index >= 15 is 0 Å². The number of nitrogens with two attached hydrogens (primary N) is 1. The van der Waals surface area contributed by atoms with Crippen molar-refractivity contribution in [1.82, 2.24) is 14.7 Å². The number of carbonyl (C=O) groups is 1. The summed E-state index contributed by atoms with van der Waals surface area (Å²) in [5.41, 5.74) is 6.33. The van der Waals surface area contributed by atoms with Gasteiger partial charge in [-0.2, -0.15) is 5.10 Å². The molecule has 21 heavy (non-hydrogen) atoms. The van der Waals surface area contributed by atoms with Crippen molar-refractivity contribution in [2.24, 2.45) is 5.73 Å². The zero-order valence-corrected chi connectivity index (χ0v) is 11.6. The van der Waals surface area contributed by atoms with Crippen LogP contribution in [-0.4, -0.2) is 39.7 Å². The Hall–Kier alpha value is -2.21. The summed E-state index contributed by atoms with van der Waals surface area (Å²) in [5, 5.41) is 4.20. The Labute approximate surface area is 122 Å². The third-order valence-corrected chi connectivity index (χ3v) is 3.82. The summed E-state index contributed by atoms with van der Waals surface area (Å²) in [6.45, 7) is 1.16. The summed E-state index contributed by atoms with van der Waals surface area (Å²) < 4.78 is 15.1. The minimum absolute atomic E-state index is 0.0797. The summed E-state index contributed by atoms with van der Waals surface area (Å²) in [6.07, 6.45) is 3.48. The molecule has 0 saturated carbocycles. The number of likely N-dealkylation sites (tertiary alicyclic amines) is 1. The van der Waals surface area contributed by atoms with Crippen molar-refractivity contribution in [3.8, 4) is 5.69 Å². The van der Waals surface area contributed by atoms with E-state index in [-0.39, 0.29) is 17.8 Å². The molecule has 1 aliphatic rings. The highest BCUT2D eigenvalue weighted by Gasteiger charge is 2.29. The average Bonchev–Trinajstić information content (AvgIpc) is 3.16. The van der Waals surface area contributed by atoms with Crippen molar-refractivity contribution < 1.29 is 9.18 Å². The number of benzene rings is 1. The molecular formula is C15H17FN4O. The highest BCUT2D eigenvalue weighted by atomic mass is 19.1. The zero-order valence-electron chi connectivity index (χ0n) is 11.6. The van der Waals surface area contributed by atoms with Gasteiger partial charge in [0, 0.05) is 25.3 Å². The first-order chi connectivity index (χ1) is 10.2. The highest BCUT2D eigenvalue weighted by Crippen LogP contribution is 2.19. The normalized spacial score (nSPS) is 18.2. The lowest BCUT2D eigenvalue weighted by atomic mass is 10.2. The first-order valence-corrected chi connectivity index (χ1v) is 7.02. The molecule has 1 saturated heterocycles. The maximum atomic E-state index is 13.7. The second kappa shape index (κ2) is 5.65. The number of amides is 1. The fourth-order valence-corrected chi connectivity index (χ4v) is 2.70. The molecule has 2 heterocycles. The molecule has 5 nitrogen and oxygen atoms in total. The van der Waals surface area contributed by atoms with E-state index in [2.05, 4.69) is 5.10 Å². The van der Waals surface area contributed by atoms with Crippen molar-refractivity contribution >= 4 is 5.91 Å². The summed E-state index contributed by atoms with van der Waals surface area (Å²) in [5.74, 6) is -0.515. The average molecular weight is 288 g/mol. The maximum absolute atomic E-state index is 13.7. The molecule has 1 aromatic carbocycles. The van der Waals surface area contributed by atoms with Gasteiger partial charge < -0.3 is 10.6 Å². The molecule has 110 valence electrons. The van der Waals surface area contributed by atoms with Crippen LogP contribution in [0.3, 0.4) is 0 Å². The Kier molecular flexibility index (Phi) is 3.70.